The van der Waals surface area contributed by atoms with E-state index in [2.05, 4.69) is 61.5 Å². The molecule has 1 aromatic rings. The monoisotopic (exact) mass is 438 g/mol. The van der Waals surface area contributed by atoms with E-state index in [1.54, 1.807) is 24.1 Å². The molecule has 0 heterocycles. The molecular weight excluding hydrogens is 408 g/mol. The van der Waals surface area contributed by atoms with E-state index in [1.165, 1.54) is 0 Å². The number of rotatable bonds is 8. The predicted octanol–water partition coefficient (Wildman–Crippen LogP) is 4.04. The molecule has 154 valence electrons. The largest absolute Gasteiger partial charge is 0.341 e. The number of nitrogens with zero attached hydrogens (tertiary/aromatic N) is 3. The van der Waals surface area contributed by atoms with Crippen LogP contribution < -0.4 is 4.83 Å². The summed E-state index contributed by atoms with van der Waals surface area (Å²) in [5.41, 5.74) is 0.921. The molecule has 0 saturated carbocycles. The number of carbonyl (C=O) groups is 1. The second-order valence-corrected chi connectivity index (χ2v) is 15.4. The topological polar surface area (TPSA) is 74.1 Å². The van der Waals surface area contributed by atoms with Crippen LogP contribution in [0.25, 0.3) is 0 Å². The molecule has 0 radical (unpaired) electrons. The number of terminal acetylenes is 1. The third-order valence-corrected chi connectivity index (χ3v) is 12.9. The van der Waals surface area contributed by atoms with Crippen molar-refractivity contribution in [2.24, 2.45) is 8.50 Å². The van der Waals surface area contributed by atoms with E-state index in [1.807, 2.05) is 12.1 Å². The van der Waals surface area contributed by atoms with Crippen LogP contribution in [0.3, 0.4) is 0 Å². The lowest BCUT2D eigenvalue weighted by atomic mass is 10.2. The van der Waals surface area contributed by atoms with Crippen molar-refractivity contribution in [1.82, 2.24) is 9.73 Å². The molecule has 0 aliphatic rings. The summed E-state index contributed by atoms with van der Waals surface area (Å²) in [5.74, 6) is 2.46. The molecule has 0 spiro atoms. The molecule has 0 fully saturated rings. The normalized spacial score (nSPS) is 13.8. The zero-order chi connectivity index (χ0) is 21.6. The number of amides is 1. The maximum absolute atomic E-state index is 13.5. The van der Waals surface area contributed by atoms with Crippen LogP contribution in [0.4, 0.5) is 0 Å². The zero-order valence-electron chi connectivity index (χ0n) is 17.5. The molecule has 1 amide bonds. The van der Waals surface area contributed by atoms with Crippen LogP contribution in [-0.4, -0.2) is 30.3 Å². The van der Waals surface area contributed by atoms with Crippen LogP contribution >= 0.6 is 0 Å². The summed E-state index contributed by atoms with van der Waals surface area (Å²) >= 11 is 4.66. The maximum atomic E-state index is 13.5. The van der Waals surface area contributed by atoms with E-state index in [0.29, 0.717) is 24.3 Å². The van der Waals surface area contributed by atoms with Crippen molar-refractivity contribution in [3.05, 3.63) is 29.8 Å². The first-order valence-corrected chi connectivity index (χ1v) is 13.8. The fraction of sp³-hybridized carbons (Fsp3) is 0.526. The molecule has 1 N–H and O–H groups in total. The second kappa shape index (κ2) is 9.63. The third-order valence-electron chi connectivity index (χ3n) is 4.92. The summed E-state index contributed by atoms with van der Waals surface area (Å²) in [6, 6.07) is 7.18. The maximum Gasteiger partial charge on any atom is 0.223 e. The minimum Gasteiger partial charge on any atom is -0.341 e. The van der Waals surface area contributed by atoms with Crippen molar-refractivity contribution in [3.8, 4) is 12.3 Å². The van der Waals surface area contributed by atoms with Gasteiger partial charge in [-0.15, -0.1) is 12.3 Å². The summed E-state index contributed by atoms with van der Waals surface area (Å²) in [6.07, 6.45) is 5.96. The number of nitrogens with one attached hydrogen (secondary N) is 1. The van der Waals surface area contributed by atoms with Gasteiger partial charge in [0.15, 0.2) is 18.2 Å². The molecule has 6 nitrogen and oxygen atoms in total. The van der Waals surface area contributed by atoms with E-state index in [4.69, 9.17) is 10.5 Å². The fourth-order valence-corrected chi connectivity index (χ4v) is 7.41. The van der Waals surface area contributed by atoms with Crippen LogP contribution in [0.15, 0.2) is 37.7 Å². The van der Waals surface area contributed by atoms with Crippen LogP contribution in [0.2, 0.25) is 18.1 Å². The average molecular weight is 439 g/mol. The van der Waals surface area contributed by atoms with Gasteiger partial charge in [-0.3, -0.25) is 8.82 Å². The van der Waals surface area contributed by atoms with Gasteiger partial charge in [0.1, 0.15) is 0 Å². The van der Waals surface area contributed by atoms with Crippen LogP contribution in [0, 0.1) is 12.3 Å². The Labute approximate surface area is 176 Å². The van der Waals surface area contributed by atoms with Gasteiger partial charge in [0, 0.05) is 26.4 Å². The quantitative estimate of drug-likeness (QED) is 0.378. The van der Waals surface area contributed by atoms with Crippen molar-refractivity contribution < 1.29 is 9.00 Å². The highest BCUT2D eigenvalue weighted by Gasteiger charge is 2.38. The summed E-state index contributed by atoms with van der Waals surface area (Å²) in [7, 11) is -3.45. The lowest BCUT2D eigenvalue weighted by Gasteiger charge is -2.33. The SMILES string of the molecule is C#CCCC(=O)N(C)Cc1ccc(S(=O)(=N[Si](C)(C)C(C)(C)C)NN=S)cc1. The van der Waals surface area contributed by atoms with E-state index in [0.717, 1.165) is 5.56 Å². The van der Waals surface area contributed by atoms with Crippen molar-refractivity contribution in [3.63, 3.8) is 0 Å². The first-order valence-electron chi connectivity index (χ1n) is 9.00. The highest BCUT2D eigenvalue weighted by atomic mass is 32.2. The minimum atomic E-state index is -2.97. The Kier molecular flexibility index (Phi) is 8.35. The third kappa shape index (κ3) is 6.40. The molecule has 0 aliphatic heterocycles. The van der Waals surface area contributed by atoms with Gasteiger partial charge in [-0.25, -0.2) is 9.04 Å². The Balaban J connectivity index is 3.15. The van der Waals surface area contributed by atoms with E-state index in [-0.39, 0.29) is 10.9 Å². The Morgan fingerprint density at radius 3 is 2.36 bits per heavy atom. The summed E-state index contributed by atoms with van der Waals surface area (Å²) < 4.78 is 21.7. The van der Waals surface area contributed by atoms with Crippen LogP contribution in [0.1, 0.15) is 39.2 Å². The molecule has 1 atom stereocenters. The van der Waals surface area contributed by atoms with Gasteiger partial charge in [-0.1, -0.05) is 37.4 Å². The standard InChI is InChI=1S/C19H30N4O2S2Si/c1-8-9-10-18(24)23(5)15-16-11-13-17(14-12-16)27(25,21-20-26)22-28(6,7)19(2,3)4/h1,11-14H,9-10,15H2,2-7H3,(H,21,22,25,26). The highest BCUT2D eigenvalue weighted by molar-refractivity contribution is 7.92. The number of hydrogen-bond acceptors (Lipinski definition) is 5. The van der Waals surface area contributed by atoms with Gasteiger partial charge < -0.3 is 4.90 Å². The molecule has 0 aliphatic carbocycles. The van der Waals surface area contributed by atoms with Crippen molar-refractivity contribution in [2.45, 2.75) is 63.2 Å². The molecule has 1 rings (SSSR count). The number of hydrogen-bond donors (Lipinski definition) is 1. The summed E-state index contributed by atoms with van der Waals surface area (Å²) in [6.45, 7) is 10.9. The van der Waals surface area contributed by atoms with Gasteiger partial charge in [-0.05, 0) is 35.8 Å². The molecule has 1 aromatic carbocycles. The minimum absolute atomic E-state index is 0.00896. The lowest BCUT2D eigenvalue weighted by Crippen LogP contribution is -2.38. The van der Waals surface area contributed by atoms with E-state index < -0.39 is 18.2 Å². The first kappa shape index (κ1) is 24.3. The van der Waals surface area contributed by atoms with Gasteiger partial charge in [0.2, 0.25) is 5.91 Å². The van der Waals surface area contributed by atoms with Gasteiger partial charge in [0.25, 0.3) is 0 Å². The van der Waals surface area contributed by atoms with Gasteiger partial charge >= 0.3 is 0 Å². The van der Waals surface area contributed by atoms with Crippen LogP contribution in [0.5, 0.6) is 0 Å². The first-order chi connectivity index (χ1) is 12.9. The molecule has 9 heteroatoms. The summed E-state index contributed by atoms with van der Waals surface area (Å²) in [5, 5.41) is -0.0692. The van der Waals surface area contributed by atoms with E-state index in [9.17, 15) is 9.00 Å². The highest BCUT2D eigenvalue weighted by Crippen LogP contribution is 2.38. The Hall–Kier alpha value is -1.76. The predicted molar refractivity (Wildman–Crippen MR) is 120 cm³/mol. The number of benzene rings is 1. The molecule has 1 unspecified atom stereocenters. The van der Waals surface area contributed by atoms with E-state index >= 15 is 0 Å². The lowest BCUT2D eigenvalue weighted by molar-refractivity contribution is -0.130. The summed E-state index contributed by atoms with van der Waals surface area (Å²) in [4.78, 5) is 16.7. The van der Waals surface area contributed by atoms with Crippen molar-refractivity contribution in [1.29, 1.82) is 0 Å². The number of carbonyl (C=O) groups excluding carboxylic acids is 1. The van der Waals surface area contributed by atoms with Crippen molar-refractivity contribution >= 4 is 36.5 Å². The zero-order valence-corrected chi connectivity index (χ0v) is 20.1. The Morgan fingerprint density at radius 2 is 1.89 bits per heavy atom. The average Bonchev–Trinajstić information content (AvgIpc) is 2.58. The Bertz CT molecular complexity index is 861. The Morgan fingerprint density at radius 1 is 1.32 bits per heavy atom. The molecule has 28 heavy (non-hydrogen) atoms. The molecule has 0 bridgehead atoms. The second-order valence-electron chi connectivity index (χ2n) is 8.21. The fourth-order valence-electron chi connectivity index (χ4n) is 2.15. The van der Waals surface area contributed by atoms with Gasteiger partial charge in [0.05, 0.1) is 17.3 Å². The molecule has 0 saturated heterocycles. The molecule has 0 aromatic heterocycles. The van der Waals surface area contributed by atoms with Crippen LogP contribution in [-0.2, 0) is 33.7 Å². The van der Waals surface area contributed by atoms with Gasteiger partial charge in [-0.2, -0.15) is 0 Å². The smallest absolute Gasteiger partial charge is 0.223 e. The molecular formula is C19H30N4O2S2Si. The van der Waals surface area contributed by atoms with Crippen molar-refractivity contribution in [2.75, 3.05) is 7.05 Å².